The molecule has 1 N–H and O–H groups in total. The number of ether oxygens (including phenoxy) is 1. The van der Waals surface area contributed by atoms with Gasteiger partial charge in [-0.2, -0.15) is 0 Å². The minimum absolute atomic E-state index is 0.177. The summed E-state index contributed by atoms with van der Waals surface area (Å²) in [6.07, 6.45) is -0.209. The van der Waals surface area contributed by atoms with Crippen LogP contribution in [0.4, 0.5) is 0 Å². The molecule has 0 aromatic carbocycles. The summed E-state index contributed by atoms with van der Waals surface area (Å²) in [5, 5.41) is 11.4. The first-order valence-electron chi connectivity index (χ1n) is 4.74. The molecule has 86 valence electrons. The van der Waals surface area contributed by atoms with Crippen LogP contribution in [0.1, 0.15) is 34.1 Å². The predicted octanol–water partition coefficient (Wildman–Crippen LogP) is 1.39. The molecule has 0 aliphatic carbocycles. The first-order valence-corrected chi connectivity index (χ1v) is 4.74. The van der Waals surface area contributed by atoms with E-state index in [2.05, 4.69) is 9.89 Å². The van der Waals surface area contributed by atoms with Crippen LogP contribution in [0.25, 0.3) is 0 Å². The van der Waals surface area contributed by atoms with Crippen LogP contribution in [0.5, 0.6) is 0 Å². The zero-order valence-electron chi connectivity index (χ0n) is 9.53. The second-order valence-electron chi connectivity index (χ2n) is 4.12. The van der Waals surface area contributed by atoms with Gasteiger partial charge in [0.05, 0.1) is 13.0 Å². The molecule has 0 radical (unpaired) electrons. The Hall–Kier alpha value is -1.39. The normalized spacial score (nSPS) is 12.4. The van der Waals surface area contributed by atoms with E-state index < -0.39 is 11.4 Å². The third-order valence-electron chi connectivity index (χ3n) is 1.80. The van der Waals surface area contributed by atoms with Gasteiger partial charge in [0.2, 0.25) is 0 Å². The van der Waals surface area contributed by atoms with Crippen LogP contribution in [0, 0.1) is 5.41 Å². The van der Waals surface area contributed by atoms with E-state index in [4.69, 9.17) is 5.21 Å². The summed E-state index contributed by atoms with van der Waals surface area (Å²) in [5.41, 5.74) is -0.820. The van der Waals surface area contributed by atoms with Crippen molar-refractivity contribution < 1.29 is 19.5 Å². The summed E-state index contributed by atoms with van der Waals surface area (Å²) in [5.74, 6) is -0.930. The van der Waals surface area contributed by atoms with Crippen LogP contribution in [-0.2, 0) is 14.3 Å². The Morgan fingerprint density at radius 3 is 2.20 bits per heavy atom. The van der Waals surface area contributed by atoms with Gasteiger partial charge in [-0.25, -0.2) is 4.79 Å². The molecule has 0 aliphatic heterocycles. The molecule has 0 amide bonds. The van der Waals surface area contributed by atoms with Gasteiger partial charge in [0.1, 0.15) is 5.78 Å². The highest BCUT2D eigenvalue weighted by Gasteiger charge is 2.26. The summed E-state index contributed by atoms with van der Waals surface area (Å²) in [7, 11) is 0. The second kappa shape index (κ2) is 5.48. The molecule has 0 saturated heterocycles. The molecule has 5 nitrogen and oxygen atoms in total. The Labute approximate surface area is 89.1 Å². The lowest BCUT2D eigenvalue weighted by atomic mass is 9.88. The minimum atomic E-state index is -0.752. The van der Waals surface area contributed by atoms with Crippen molar-refractivity contribution in [1.82, 2.24) is 0 Å². The molecule has 5 heteroatoms. The van der Waals surface area contributed by atoms with E-state index >= 15 is 0 Å². The largest absolute Gasteiger partial charge is 0.461 e. The summed E-state index contributed by atoms with van der Waals surface area (Å²) in [6.45, 7) is 7.01. The molecule has 0 aliphatic rings. The Bertz CT molecular complexity index is 276. The number of rotatable bonds is 4. The zero-order chi connectivity index (χ0) is 12.1. The van der Waals surface area contributed by atoms with Gasteiger partial charge in [0.25, 0.3) is 0 Å². The number of carbonyl (C=O) groups is 2. The van der Waals surface area contributed by atoms with E-state index in [0.29, 0.717) is 0 Å². The van der Waals surface area contributed by atoms with E-state index in [9.17, 15) is 9.59 Å². The van der Waals surface area contributed by atoms with Gasteiger partial charge >= 0.3 is 5.97 Å². The molecule has 0 bridgehead atoms. The van der Waals surface area contributed by atoms with Crippen molar-refractivity contribution in [2.24, 2.45) is 10.6 Å². The summed E-state index contributed by atoms with van der Waals surface area (Å²) in [4.78, 5) is 22.7. The molecular formula is C10H17NO4. The maximum Gasteiger partial charge on any atom is 0.356 e. The molecule has 0 heterocycles. The van der Waals surface area contributed by atoms with Crippen LogP contribution in [0.15, 0.2) is 5.16 Å². The van der Waals surface area contributed by atoms with Crippen molar-refractivity contribution in [3.8, 4) is 0 Å². The number of hydrogen-bond donors (Lipinski definition) is 1. The lowest BCUT2D eigenvalue weighted by Crippen LogP contribution is -2.27. The highest BCUT2D eigenvalue weighted by Crippen LogP contribution is 2.17. The van der Waals surface area contributed by atoms with Crippen LogP contribution < -0.4 is 0 Å². The quantitative estimate of drug-likeness (QED) is 0.333. The molecule has 0 aromatic heterocycles. The van der Waals surface area contributed by atoms with Crippen LogP contribution in [0.3, 0.4) is 0 Å². The van der Waals surface area contributed by atoms with Gasteiger partial charge in [-0.1, -0.05) is 25.9 Å². The van der Waals surface area contributed by atoms with Crippen molar-refractivity contribution in [1.29, 1.82) is 0 Å². The first-order chi connectivity index (χ1) is 6.82. The smallest absolute Gasteiger partial charge is 0.356 e. The molecule has 0 saturated carbocycles. The van der Waals surface area contributed by atoms with Gasteiger partial charge in [-0.3, -0.25) is 4.79 Å². The number of esters is 1. The van der Waals surface area contributed by atoms with Crippen LogP contribution in [0.2, 0.25) is 0 Å². The highest BCUT2D eigenvalue weighted by molar-refractivity contribution is 6.39. The number of carbonyl (C=O) groups excluding carboxylic acids is 2. The second-order valence-corrected chi connectivity index (χ2v) is 4.12. The van der Waals surface area contributed by atoms with E-state index in [1.807, 2.05) is 0 Å². The lowest BCUT2D eigenvalue weighted by molar-refractivity contribution is -0.136. The molecular weight excluding hydrogens is 198 g/mol. The Kier molecular flexibility index (Phi) is 4.97. The number of ketones is 1. The zero-order valence-corrected chi connectivity index (χ0v) is 9.53. The van der Waals surface area contributed by atoms with Gasteiger partial charge in [0, 0.05) is 5.41 Å². The molecule has 15 heavy (non-hydrogen) atoms. The number of oxime groups is 1. The molecule has 0 rings (SSSR count). The van der Waals surface area contributed by atoms with E-state index in [0.717, 1.165) is 0 Å². The monoisotopic (exact) mass is 215 g/mol. The van der Waals surface area contributed by atoms with Crippen LogP contribution >= 0.6 is 0 Å². The van der Waals surface area contributed by atoms with Crippen LogP contribution in [-0.4, -0.2) is 29.3 Å². The van der Waals surface area contributed by atoms with Crippen molar-refractivity contribution in [3.63, 3.8) is 0 Å². The van der Waals surface area contributed by atoms with Crippen molar-refractivity contribution in [2.75, 3.05) is 6.61 Å². The van der Waals surface area contributed by atoms with Crippen molar-refractivity contribution >= 4 is 17.5 Å². The third kappa shape index (κ3) is 4.58. The first kappa shape index (κ1) is 13.6. The molecule has 0 atom stereocenters. The maximum absolute atomic E-state index is 11.5. The lowest BCUT2D eigenvalue weighted by Gasteiger charge is -2.16. The van der Waals surface area contributed by atoms with Gasteiger partial charge < -0.3 is 9.94 Å². The minimum Gasteiger partial charge on any atom is -0.461 e. The van der Waals surface area contributed by atoms with Gasteiger partial charge in [-0.15, -0.1) is 0 Å². The SMILES string of the molecule is CCOC(=O)C(CC(=O)C(C)(C)C)=NO. The Morgan fingerprint density at radius 2 is 1.87 bits per heavy atom. The molecule has 0 aromatic rings. The van der Waals surface area contributed by atoms with E-state index in [1.165, 1.54) is 0 Å². The third-order valence-corrected chi connectivity index (χ3v) is 1.80. The average Bonchev–Trinajstić information content (AvgIpc) is 2.12. The summed E-state index contributed by atoms with van der Waals surface area (Å²) >= 11 is 0. The maximum atomic E-state index is 11.5. The standard InChI is InChI=1S/C10H17NO4/c1-5-15-9(13)7(11-14)6-8(12)10(2,3)4/h14H,5-6H2,1-4H3. The van der Waals surface area contributed by atoms with E-state index in [-0.39, 0.29) is 24.5 Å². The fourth-order valence-corrected chi connectivity index (χ4v) is 0.780. The van der Waals surface area contributed by atoms with Crippen molar-refractivity contribution in [2.45, 2.75) is 34.1 Å². The highest BCUT2D eigenvalue weighted by atomic mass is 16.5. The Morgan fingerprint density at radius 1 is 1.33 bits per heavy atom. The number of nitrogens with zero attached hydrogens (tertiary/aromatic N) is 1. The topological polar surface area (TPSA) is 76.0 Å². The summed E-state index contributed by atoms with van der Waals surface area (Å²) < 4.78 is 4.63. The van der Waals surface area contributed by atoms with Gasteiger partial charge in [-0.05, 0) is 6.92 Å². The van der Waals surface area contributed by atoms with Crippen molar-refractivity contribution in [3.05, 3.63) is 0 Å². The van der Waals surface area contributed by atoms with Gasteiger partial charge in [0.15, 0.2) is 5.71 Å². The predicted molar refractivity (Wildman–Crippen MR) is 54.9 cm³/mol. The fraction of sp³-hybridized carbons (Fsp3) is 0.700. The summed E-state index contributed by atoms with van der Waals surface area (Å²) in [6, 6.07) is 0. The molecule has 0 unspecified atom stereocenters. The van der Waals surface area contributed by atoms with E-state index in [1.54, 1.807) is 27.7 Å². The number of hydrogen-bond acceptors (Lipinski definition) is 5. The molecule has 0 fully saturated rings. The molecule has 0 spiro atoms. The number of Topliss-reactive ketones (excluding diaryl/α,β-unsaturated/α-hetero) is 1. The average molecular weight is 215 g/mol. The fourth-order valence-electron chi connectivity index (χ4n) is 0.780. The Balaban J connectivity index is 4.50.